The van der Waals surface area contributed by atoms with Crippen molar-refractivity contribution in [2.45, 2.75) is 77.7 Å². The molecular weight excluding hydrogens is 400 g/mol. The van der Waals surface area contributed by atoms with Crippen LogP contribution in [-0.2, 0) is 6.42 Å². The molecule has 0 aromatic carbocycles. The summed E-state index contributed by atoms with van der Waals surface area (Å²) in [6.07, 6.45) is 14.1. The lowest BCUT2D eigenvalue weighted by molar-refractivity contribution is 0.0723. The topological polar surface area (TPSA) is 75.1 Å². The summed E-state index contributed by atoms with van der Waals surface area (Å²) in [6, 6.07) is -0.0898. The van der Waals surface area contributed by atoms with Crippen LogP contribution in [0.3, 0.4) is 0 Å². The molecule has 2 fully saturated rings. The van der Waals surface area contributed by atoms with Gasteiger partial charge in [0.1, 0.15) is 11.5 Å². The van der Waals surface area contributed by atoms with Gasteiger partial charge >= 0.3 is 0 Å². The van der Waals surface area contributed by atoms with Gasteiger partial charge in [0.05, 0.1) is 17.9 Å². The molecule has 4 heterocycles. The Balaban J connectivity index is 1.42. The predicted octanol–water partition coefficient (Wildman–Crippen LogP) is 4.19. The lowest BCUT2D eigenvalue weighted by atomic mass is 9.88. The Morgan fingerprint density at radius 3 is 2.59 bits per heavy atom. The number of anilines is 1. The van der Waals surface area contributed by atoms with Crippen LogP contribution in [0.5, 0.6) is 0 Å². The van der Waals surface area contributed by atoms with Gasteiger partial charge in [0, 0.05) is 37.1 Å². The second kappa shape index (κ2) is 9.12. The summed E-state index contributed by atoms with van der Waals surface area (Å²) in [5.74, 6) is 2.62. The fraction of sp³-hybridized carbons (Fsp3) is 0.640. The first kappa shape index (κ1) is 21.3. The minimum Gasteiger partial charge on any atom is -0.356 e. The fourth-order valence-corrected chi connectivity index (χ4v) is 5.65. The Labute approximate surface area is 190 Å². The largest absolute Gasteiger partial charge is 0.356 e. The number of carbonyl (C=O) groups excluding carboxylic acids is 1. The molecule has 5 rings (SSSR count). The maximum atomic E-state index is 13.2. The van der Waals surface area contributed by atoms with Crippen LogP contribution < -0.4 is 4.90 Å². The molecule has 32 heavy (non-hydrogen) atoms. The Hall–Kier alpha value is -2.57. The molecule has 1 saturated carbocycles. The van der Waals surface area contributed by atoms with Crippen molar-refractivity contribution >= 4 is 11.7 Å². The molecule has 2 aliphatic heterocycles. The van der Waals surface area contributed by atoms with Gasteiger partial charge < -0.3 is 9.80 Å². The molecule has 0 unspecified atom stereocenters. The number of aromatic nitrogens is 4. The van der Waals surface area contributed by atoms with Crippen LogP contribution >= 0.6 is 0 Å². The SMILES string of the molecule is Cc1cnc(C(=O)N2CCC[C@@H]2c2nc(C)c3c(n2)N(CC2CCCCC2)CCC3)cn1. The summed E-state index contributed by atoms with van der Waals surface area (Å²) in [5, 5.41) is 0. The van der Waals surface area contributed by atoms with Crippen LogP contribution in [0.2, 0.25) is 0 Å². The lowest BCUT2D eigenvalue weighted by Gasteiger charge is -2.35. The van der Waals surface area contributed by atoms with E-state index in [1.165, 1.54) is 44.1 Å². The number of amides is 1. The van der Waals surface area contributed by atoms with Gasteiger partial charge in [-0.1, -0.05) is 19.3 Å². The standard InChI is InChI=1S/C25H34N6O/c1-17-14-27-21(15-26-17)25(32)31-13-7-11-22(31)23-28-18(2)20-10-6-12-30(24(20)29-23)16-19-8-4-3-5-9-19/h14-15,19,22H,3-13,16H2,1-2H3/t22-/m1/s1. The molecule has 7 nitrogen and oxygen atoms in total. The quantitative estimate of drug-likeness (QED) is 0.718. The first-order valence-electron chi connectivity index (χ1n) is 12.3. The van der Waals surface area contributed by atoms with Crippen molar-refractivity contribution in [2.75, 3.05) is 24.5 Å². The van der Waals surface area contributed by atoms with Gasteiger partial charge in [0.15, 0.2) is 5.82 Å². The van der Waals surface area contributed by atoms with Crippen molar-refractivity contribution in [1.29, 1.82) is 0 Å². The normalized spacial score (nSPS) is 21.6. The molecule has 170 valence electrons. The molecular formula is C25H34N6O. The van der Waals surface area contributed by atoms with E-state index in [0.29, 0.717) is 12.2 Å². The van der Waals surface area contributed by atoms with Crippen molar-refractivity contribution in [3.05, 3.63) is 40.9 Å². The van der Waals surface area contributed by atoms with Crippen LogP contribution in [0.25, 0.3) is 0 Å². The van der Waals surface area contributed by atoms with Gasteiger partial charge in [-0.2, -0.15) is 0 Å². The Morgan fingerprint density at radius 1 is 0.969 bits per heavy atom. The third-order valence-corrected chi connectivity index (χ3v) is 7.38. The molecule has 7 heteroatoms. The Bertz CT molecular complexity index is 969. The van der Waals surface area contributed by atoms with Gasteiger partial charge in [0.2, 0.25) is 0 Å². The second-order valence-corrected chi connectivity index (χ2v) is 9.72. The maximum Gasteiger partial charge on any atom is 0.274 e. The van der Waals surface area contributed by atoms with Crippen LogP contribution in [0.4, 0.5) is 5.82 Å². The van der Waals surface area contributed by atoms with Crippen molar-refractivity contribution < 1.29 is 4.79 Å². The zero-order chi connectivity index (χ0) is 22.1. The minimum atomic E-state index is -0.0898. The van der Waals surface area contributed by atoms with Gasteiger partial charge in [-0.3, -0.25) is 9.78 Å². The monoisotopic (exact) mass is 434 g/mol. The molecule has 0 radical (unpaired) electrons. The maximum absolute atomic E-state index is 13.2. The first-order chi connectivity index (χ1) is 15.6. The number of hydrogen-bond acceptors (Lipinski definition) is 6. The summed E-state index contributed by atoms with van der Waals surface area (Å²) in [4.78, 5) is 36.2. The number of rotatable bonds is 4. The number of hydrogen-bond donors (Lipinski definition) is 0. The first-order valence-corrected chi connectivity index (χ1v) is 12.3. The predicted molar refractivity (Wildman–Crippen MR) is 124 cm³/mol. The minimum absolute atomic E-state index is 0.0713. The molecule has 0 N–H and O–H groups in total. The smallest absolute Gasteiger partial charge is 0.274 e. The summed E-state index contributed by atoms with van der Waals surface area (Å²) >= 11 is 0. The molecule has 1 saturated heterocycles. The third-order valence-electron chi connectivity index (χ3n) is 7.38. The molecule has 3 aliphatic rings. The zero-order valence-electron chi connectivity index (χ0n) is 19.4. The number of nitrogens with zero attached hydrogens (tertiary/aromatic N) is 6. The Morgan fingerprint density at radius 2 is 1.81 bits per heavy atom. The average Bonchev–Trinajstić information content (AvgIpc) is 3.30. The lowest BCUT2D eigenvalue weighted by Crippen LogP contribution is -2.37. The number of aryl methyl sites for hydroxylation is 2. The Kier molecular flexibility index (Phi) is 6.07. The fourth-order valence-electron chi connectivity index (χ4n) is 5.65. The van der Waals surface area contributed by atoms with E-state index in [1.54, 1.807) is 12.4 Å². The van der Waals surface area contributed by atoms with Gasteiger partial charge in [-0.05, 0) is 58.3 Å². The molecule has 1 aliphatic carbocycles. The van der Waals surface area contributed by atoms with Crippen LogP contribution in [0.15, 0.2) is 12.4 Å². The van der Waals surface area contributed by atoms with Crippen molar-refractivity contribution in [3.8, 4) is 0 Å². The highest BCUT2D eigenvalue weighted by molar-refractivity contribution is 5.92. The highest BCUT2D eigenvalue weighted by Crippen LogP contribution is 2.36. The molecule has 2 aromatic rings. The van der Waals surface area contributed by atoms with E-state index in [0.717, 1.165) is 61.3 Å². The summed E-state index contributed by atoms with van der Waals surface area (Å²) in [7, 11) is 0. The average molecular weight is 435 g/mol. The van der Waals surface area contributed by atoms with E-state index in [4.69, 9.17) is 9.97 Å². The summed E-state index contributed by atoms with van der Waals surface area (Å²) < 4.78 is 0. The van der Waals surface area contributed by atoms with E-state index in [9.17, 15) is 4.79 Å². The summed E-state index contributed by atoms with van der Waals surface area (Å²) in [5.41, 5.74) is 3.59. The van der Waals surface area contributed by atoms with Crippen molar-refractivity contribution in [3.63, 3.8) is 0 Å². The molecule has 2 aromatic heterocycles. The van der Waals surface area contributed by atoms with E-state index in [-0.39, 0.29) is 11.9 Å². The number of carbonyl (C=O) groups is 1. The molecule has 0 spiro atoms. The highest BCUT2D eigenvalue weighted by atomic mass is 16.2. The van der Waals surface area contributed by atoms with Gasteiger partial charge in [0.25, 0.3) is 5.91 Å². The van der Waals surface area contributed by atoms with Gasteiger partial charge in [-0.25, -0.2) is 15.0 Å². The number of likely N-dealkylation sites (tertiary alicyclic amines) is 1. The zero-order valence-corrected chi connectivity index (χ0v) is 19.4. The second-order valence-electron chi connectivity index (χ2n) is 9.72. The van der Waals surface area contributed by atoms with E-state index < -0.39 is 0 Å². The van der Waals surface area contributed by atoms with E-state index in [2.05, 4.69) is 21.8 Å². The number of fused-ring (bicyclic) bond motifs is 1. The van der Waals surface area contributed by atoms with Crippen LogP contribution in [0.1, 0.15) is 90.7 Å². The molecule has 1 atom stereocenters. The third kappa shape index (κ3) is 4.21. The van der Waals surface area contributed by atoms with Crippen molar-refractivity contribution in [1.82, 2.24) is 24.8 Å². The van der Waals surface area contributed by atoms with Crippen molar-refractivity contribution in [2.24, 2.45) is 5.92 Å². The van der Waals surface area contributed by atoms with Gasteiger partial charge in [-0.15, -0.1) is 0 Å². The van der Waals surface area contributed by atoms with E-state index >= 15 is 0 Å². The van der Waals surface area contributed by atoms with Crippen LogP contribution in [0, 0.1) is 19.8 Å². The van der Waals surface area contributed by atoms with E-state index in [1.807, 2.05) is 11.8 Å². The molecule has 1 amide bonds. The highest BCUT2D eigenvalue weighted by Gasteiger charge is 2.35. The molecule has 0 bridgehead atoms. The summed E-state index contributed by atoms with van der Waals surface area (Å²) in [6.45, 7) is 6.88. The van der Waals surface area contributed by atoms with Crippen LogP contribution in [-0.4, -0.2) is 50.4 Å².